The van der Waals surface area contributed by atoms with Crippen LogP contribution < -0.4 is 5.32 Å². The van der Waals surface area contributed by atoms with Gasteiger partial charge in [-0.15, -0.1) is 11.6 Å². The predicted octanol–water partition coefficient (Wildman–Crippen LogP) is 3.34. The van der Waals surface area contributed by atoms with Gasteiger partial charge in [0.25, 0.3) is 0 Å². The van der Waals surface area contributed by atoms with Gasteiger partial charge in [-0.25, -0.2) is 0 Å². The minimum Gasteiger partial charge on any atom is -0.306 e. The third-order valence-corrected chi connectivity index (χ3v) is 2.91. The second-order valence-electron chi connectivity index (χ2n) is 4.14. The van der Waals surface area contributed by atoms with Crippen LogP contribution in [0.3, 0.4) is 0 Å². The molecule has 0 fully saturated rings. The molecule has 0 unspecified atom stereocenters. The van der Waals surface area contributed by atoms with Crippen LogP contribution in [0.15, 0.2) is 22.8 Å². The van der Waals surface area contributed by atoms with Crippen LogP contribution in [0.5, 0.6) is 0 Å². The lowest BCUT2D eigenvalue weighted by molar-refractivity contribution is 0.374. The third-order valence-electron chi connectivity index (χ3n) is 2.26. The molecule has 0 aromatic carbocycles. The van der Waals surface area contributed by atoms with Crippen molar-refractivity contribution in [2.24, 2.45) is 0 Å². The Morgan fingerprint density at radius 3 is 2.73 bits per heavy atom. The van der Waals surface area contributed by atoms with E-state index in [0.29, 0.717) is 5.88 Å². The van der Waals surface area contributed by atoms with E-state index in [2.05, 4.69) is 40.1 Å². The minimum atomic E-state index is 0.0660. The van der Waals surface area contributed by atoms with Crippen molar-refractivity contribution in [2.75, 3.05) is 5.88 Å². The van der Waals surface area contributed by atoms with Crippen LogP contribution in [0.25, 0.3) is 0 Å². The van der Waals surface area contributed by atoms with Gasteiger partial charge < -0.3 is 5.32 Å². The van der Waals surface area contributed by atoms with Gasteiger partial charge in [0.15, 0.2) is 0 Å². The number of halogens is 2. The standard InChI is InChI=1S/C11H16BrClN2/c1-11(2,5-6-13)15-8-10-4-3-9(12)7-14-10/h3-4,7,15H,5-6,8H2,1-2H3. The highest BCUT2D eigenvalue weighted by Gasteiger charge is 2.15. The molecule has 1 N–H and O–H groups in total. The van der Waals surface area contributed by atoms with Gasteiger partial charge in [-0.1, -0.05) is 0 Å². The summed E-state index contributed by atoms with van der Waals surface area (Å²) in [5.74, 6) is 0.674. The van der Waals surface area contributed by atoms with E-state index in [-0.39, 0.29) is 5.54 Å². The van der Waals surface area contributed by atoms with E-state index in [1.807, 2.05) is 18.3 Å². The van der Waals surface area contributed by atoms with Crippen molar-refractivity contribution in [2.45, 2.75) is 32.4 Å². The smallest absolute Gasteiger partial charge is 0.0542 e. The molecule has 1 aromatic rings. The van der Waals surface area contributed by atoms with Crippen molar-refractivity contribution in [3.8, 4) is 0 Å². The zero-order valence-electron chi connectivity index (χ0n) is 9.06. The monoisotopic (exact) mass is 290 g/mol. The zero-order chi connectivity index (χ0) is 11.3. The molecule has 4 heteroatoms. The first-order valence-corrected chi connectivity index (χ1v) is 6.28. The molecule has 1 rings (SSSR count). The predicted molar refractivity (Wildman–Crippen MR) is 68.2 cm³/mol. The number of alkyl halides is 1. The highest BCUT2D eigenvalue weighted by Crippen LogP contribution is 2.11. The number of pyridine rings is 1. The van der Waals surface area contributed by atoms with Crippen LogP contribution in [0.2, 0.25) is 0 Å². The number of hydrogen-bond donors (Lipinski definition) is 1. The molecule has 84 valence electrons. The Kier molecular flexibility index (Phi) is 5.03. The summed E-state index contributed by atoms with van der Waals surface area (Å²) in [7, 11) is 0. The molecule has 2 nitrogen and oxygen atoms in total. The first-order chi connectivity index (χ1) is 7.03. The SMILES string of the molecule is CC(C)(CCCl)NCc1ccc(Br)cn1. The second kappa shape index (κ2) is 5.83. The van der Waals surface area contributed by atoms with Crippen LogP contribution in [-0.4, -0.2) is 16.4 Å². The average Bonchev–Trinajstić information content (AvgIpc) is 2.17. The maximum absolute atomic E-state index is 5.73. The van der Waals surface area contributed by atoms with Crippen molar-refractivity contribution in [3.05, 3.63) is 28.5 Å². The molecule has 0 atom stereocenters. The maximum Gasteiger partial charge on any atom is 0.0542 e. The zero-order valence-corrected chi connectivity index (χ0v) is 11.4. The molecule has 0 aliphatic heterocycles. The maximum atomic E-state index is 5.73. The summed E-state index contributed by atoms with van der Waals surface area (Å²) < 4.78 is 1.01. The lowest BCUT2D eigenvalue weighted by atomic mass is 10.0. The highest BCUT2D eigenvalue weighted by molar-refractivity contribution is 9.10. The highest BCUT2D eigenvalue weighted by atomic mass is 79.9. The van der Waals surface area contributed by atoms with Gasteiger partial charge in [0.05, 0.1) is 5.69 Å². The van der Waals surface area contributed by atoms with Crippen molar-refractivity contribution in [1.82, 2.24) is 10.3 Å². The molecule has 0 bridgehead atoms. The Balaban J connectivity index is 2.46. The Morgan fingerprint density at radius 1 is 1.47 bits per heavy atom. The largest absolute Gasteiger partial charge is 0.306 e. The summed E-state index contributed by atoms with van der Waals surface area (Å²) in [4.78, 5) is 4.30. The number of hydrogen-bond acceptors (Lipinski definition) is 2. The van der Waals surface area contributed by atoms with Crippen LogP contribution in [0.1, 0.15) is 26.0 Å². The number of nitrogens with zero attached hydrogens (tertiary/aromatic N) is 1. The van der Waals surface area contributed by atoms with Gasteiger partial charge in [-0.2, -0.15) is 0 Å². The van der Waals surface area contributed by atoms with Crippen molar-refractivity contribution < 1.29 is 0 Å². The van der Waals surface area contributed by atoms with Crippen LogP contribution >= 0.6 is 27.5 Å². The van der Waals surface area contributed by atoms with Gasteiger partial charge in [0.1, 0.15) is 0 Å². The topological polar surface area (TPSA) is 24.9 Å². The van der Waals surface area contributed by atoms with Crippen molar-refractivity contribution in [1.29, 1.82) is 0 Å². The Bertz CT molecular complexity index is 298. The Labute approximate surface area is 105 Å². The molecular formula is C11H16BrClN2. The fourth-order valence-corrected chi connectivity index (χ4v) is 1.87. The molecule has 0 spiro atoms. The Hall–Kier alpha value is -0.120. The van der Waals surface area contributed by atoms with Crippen molar-refractivity contribution in [3.63, 3.8) is 0 Å². The normalized spacial score (nSPS) is 11.7. The average molecular weight is 292 g/mol. The van der Waals surface area contributed by atoms with E-state index in [1.54, 1.807) is 0 Å². The summed E-state index contributed by atoms with van der Waals surface area (Å²) in [6.07, 6.45) is 2.76. The second-order valence-corrected chi connectivity index (χ2v) is 5.44. The van der Waals surface area contributed by atoms with E-state index in [4.69, 9.17) is 11.6 Å². The lowest BCUT2D eigenvalue weighted by Crippen LogP contribution is -2.39. The first-order valence-electron chi connectivity index (χ1n) is 4.95. The lowest BCUT2D eigenvalue weighted by Gasteiger charge is -2.25. The van der Waals surface area contributed by atoms with Gasteiger partial charge in [-0.3, -0.25) is 4.98 Å². The molecular weight excluding hydrogens is 275 g/mol. The van der Waals surface area contributed by atoms with Gasteiger partial charge in [0, 0.05) is 28.6 Å². The summed E-state index contributed by atoms with van der Waals surface area (Å²) >= 11 is 9.09. The van der Waals surface area contributed by atoms with Crippen LogP contribution in [0.4, 0.5) is 0 Å². The molecule has 0 saturated heterocycles. The van der Waals surface area contributed by atoms with Crippen LogP contribution in [-0.2, 0) is 6.54 Å². The third kappa shape index (κ3) is 4.96. The number of rotatable bonds is 5. The summed E-state index contributed by atoms with van der Waals surface area (Å²) in [6, 6.07) is 4.01. The van der Waals surface area contributed by atoms with E-state index >= 15 is 0 Å². The van der Waals surface area contributed by atoms with Crippen molar-refractivity contribution >= 4 is 27.5 Å². The van der Waals surface area contributed by atoms with Gasteiger partial charge in [-0.05, 0) is 48.3 Å². The molecule has 0 aliphatic rings. The fourth-order valence-electron chi connectivity index (χ4n) is 1.17. The summed E-state index contributed by atoms with van der Waals surface area (Å²) in [5.41, 5.74) is 1.11. The molecule has 0 radical (unpaired) electrons. The molecule has 0 aliphatic carbocycles. The molecule has 1 aromatic heterocycles. The Morgan fingerprint density at radius 2 is 2.20 bits per heavy atom. The summed E-state index contributed by atoms with van der Waals surface area (Å²) in [6.45, 7) is 5.07. The van der Waals surface area contributed by atoms with E-state index in [9.17, 15) is 0 Å². The first kappa shape index (κ1) is 12.9. The van der Waals surface area contributed by atoms with E-state index < -0.39 is 0 Å². The van der Waals surface area contributed by atoms with Gasteiger partial charge in [0.2, 0.25) is 0 Å². The van der Waals surface area contributed by atoms with Gasteiger partial charge >= 0.3 is 0 Å². The number of nitrogens with one attached hydrogen (secondary N) is 1. The minimum absolute atomic E-state index is 0.0660. The van der Waals surface area contributed by atoms with Crippen LogP contribution in [0, 0.1) is 0 Å². The summed E-state index contributed by atoms with van der Waals surface area (Å²) in [5, 5.41) is 3.43. The fraction of sp³-hybridized carbons (Fsp3) is 0.545. The van der Waals surface area contributed by atoms with E-state index in [1.165, 1.54) is 0 Å². The molecule has 1 heterocycles. The number of aromatic nitrogens is 1. The molecule has 15 heavy (non-hydrogen) atoms. The van der Waals surface area contributed by atoms with E-state index in [0.717, 1.165) is 23.1 Å². The molecule has 0 amide bonds. The quantitative estimate of drug-likeness (QED) is 0.842. The molecule has 0 saturated carbocycles.